The number of sulfone groups is 1. The third-order valence-electron chi connectivity index (χ3n) is 3.49. The minimum Gasteiger partial charge on any atom is -0.358 e. The van der Waals surface area contributed by atoms with E-state index in [0.29, 0.717) is 12.6 Å². The summed E-state index contributed by atoms with van der Waals surface area (Å²) in [4.78, 5) is 11.0. The second kappa shape index (κ2) is 7.09. The van der Waals surface area contributed by atoms with E-state index in [1.54, 1.807) is 0 Å². The average molecular weight is 276 g/mol. The molecule has 1 fully saturated rings. The molecular weight excluding hydrogens is 252 g/mol. The van der Waals surface area contributed by atoms with Gasteiger partial charge in [0.15, 0.2) is 9.84 Å². The Morgan fingerprint density at radius 3 is 2.39 bits per heavy atom. The molecule has 18 heavy (non-hydrogen) atoms. The van der Waals surface area contributed by atoms with Crippen molar-refractivity contribution in [1.82, 2.24) is 10.6 Å². The van der Waals surface area contributed by atoms with Gasteiger partial charge < -0.3 is 10.6 Å². The van der Waals surface area contributed by atoms with Gasteiger partial charge >= 0.3 is 0 Å². The molecule has 0 aromatic carbocycles. The van der Waals surface area contributed by atoms with E-state index in [0.717, 1.165) is 18.8 Å². The minimum absolute atomic E-state index is 0.0342. The molecule has 0 heterocycles. The molecule has 1 saturated carbocycles. The highest BCUT2D eigenvalue weighted by molar-refractivity contribution is 7.92. The summed E-state index contributed by atoms with van der Waals surface area (Å²) < 4.78 is 23.2. The first-order chi connectivity index (χ1) is 8.43. The van der Waals surface area contributed by atoms with Crippen LogP contribution in [0.25, 0.3) is 0 Å². The normalized spacial score (nSPS) is 24.8. The van der Waals surface area contributed by atoms with Gasteiger partial charge in [0.1, 0.15) is 5.75 Å². The Bertz CT molecular complexity index is 360. The molecule has 0 unspecified atom stereocenters. The van der Waals surface area contributed by atoms with Crippen LogP contribution in [0.4, 0.5) is 0 Å². The maximum atomic E-state index is 11.6. The lowest BCUT2D eigenvalue weighted by atomic mass is 9.87. The lowest BCUT2D eigenvalue weighted by molar-refractivity contribution is -0.118. The molecule has 0 aliphatic heterocycles. The lowest BCUT2D eigenvalue weighted by Gasteiger charge is -2.26. The van der Waals surface area contributed by atoms with Crippen LogP contribution in [0.1, 0.15) is 32.6 Å². The number of rotatable bonds is 6. The molecule has 0 aromatic rings. The zero-order chi connectivity index (χ0) is 13.6. The molecule has 0 spiro atoms. The summed E-state index contributed by atoms with van der Waals surface area (Å²) in [5.74, 6) is -0.0270. The van der Waals surface area contributed by atoms with Gasteiger partial charge in [0.05, 0.1) is 5.75 Å². The molecule has 1 rings (SSSR count). The lowest BCUT2D eigenvalue weighted by Crippen LogP contribution is -2.37. The van der Waals surface area contributed by atoms with Gasteiger partial charge in [-0.15, -0.1) is 0 Å². The Kier molecular flexibility index (Phi) is 6.08. The maximum Gasteiger partial charge on any atom is 0.234 e. The molecule has 0 atom stereocenters. The number of carbonyl (C=O) groups excluding carboxylic acids is 1. The van der Waals surface area contributed by atoms with Crippen molar-refractivity contribution in [2.45, 2.75) is 38.6 Å². The van der Waals surface area contributed by atoms with E-state index < -0.39 is 21.5 Å². The summed E-state index contributed by atoms with van der Waals surface area (Å²) >= 11 is 0. The highest BCUT2D eigenvalue weighted by Gasteiger charge is 2.19. The molecule has 1 amide bonds. The Hall–Kier alpha value is -0.620. The predicted octanol–water partition coefficient (Wildman–Crippen LogP) is 0.316. The van der Waals surface area contributed by atoms with Crippen LogP contribution in [0.15, 0.2) is 0 Å². The molecule has 6 heteroatoms. The van der Waals surface area contributed by atoms with Crippen LogP contribution >= 0.6 is 0 Å². The van der Waals surface area contributed by atoms with E-state index in [1.165, 1.54) is 19.9 Å². The van der Waals surface area contributed by atoms with E-state index in [1.807, 2.05) is 0 Å². The smallest absolute Gasteiger partial charge is 0.234 e. The first-order valence-electron chi connectivity index (χ1n) is 6.57. The van der Waals surface area contributed by atoms with Crippen molar-refractivity contribution in [2.75, 3.05) is 25.1 Å². The van der Waals surface area contributed by atoms with Crippen molar-refractivity contribution >= 4 is 15.7 Å². The monoisotopic (exact) mass is 276 g/mol. The van der Waals surface area contributed by atoms with Gasteiger partial charge in [-0.3, -0.25) is 4.79 Å². The molecular formula is C12H24N2O3S. The third-order valence-corrected chi connectivity index (χ3v) is 5.02. The highest BCUT2D eigenvalue weighted by Crippen LogP contribution is 2.23. The first-order valence-corrected chi connectivity index (χ1v) is 8.39. The number of hydrogen-bond donors (Lipinski definition) is 2. The second-order valence-electron chi connectivity index (χ2n) is 5.18. The molecule has 1 aliphatic rings. The summed E-state index contributed by atoms with van der Waals surface area (Å²) in [7, 11) is -1.84. The molecule has 1 aliphatic carbocycles. The van der Waals surface area contributed by atoms with E-state index in [4.69, 9.17) is 0 Å². The van der Waals surface area contributed by atoms with Crippen LogP contribution in [-0.4, -0.2) is 45.5 Å². The molecule has 0 radical (unpaired) electrons. The average Bonchev–Trinajstić information content (AvgIpc) is 2.31. The van der Waals surface area contributed by atoms with Crippen molar-refractivity contribution in [3.05, 3.63) is 0 Å². The Balaban J connectivity index is 2.22. The summed E-state index contributed by atoms with van der Waals surface area (Å²) in [5.41, 5.74) is 0. The summed E-state index contributed by atoms with van der Waals surface area (Å²) in [5, 5.41) is 5.61. The molecule has 2 N–H and O–H groups in total. The van der Waals surface area contributed by atoms with Gasteiger partial charge in [-0.1, -0.05) is 6.92 Å². The van der Waals surface area contributed by atoms with E-state index in [9.17, 15) is 13.2 Å². The molecule has 5 nitrogen and oxygen atoms in total. The molecule has 0 bridgehead atoms. The summed E-state index contributed by atoms with van der Waals surface area (Å²) in [6, 6.07) is 0.441. The summed E-state index contributed by atoms with van der Waals surface area (Å²) in [6.07, 6.45) is 4.67. The maximum absolute atomic E-state index is 11.6. The van der Waals surface area contributed by atoms with Crippen LogP contribution < -0.4 is 10.6 Å². The van der Waals surface area contributed by atoms with Crippen molar-refractivity contribution in [2.24, 2.45) is 5.92 Å². The topological polar surface area (TPSA) is 75.3 Å². The van der Waals surface area contributed by atoms with Gasteiger partial charge in [0.2, 0.25) is 5.91 Å². The van der Waals surface area contributed by atoms with Crippen molar-refractivity contribution < 1.29 is 13.2 Å². The van der Waals surface area contributed by atoms with E-state index >= 15 is 0 Å². The quantitative estimate of drug-likeness (QED) is 0.732. The van der Waals surface area contributed by atoms with Crippen LogP contribution in [0.5, 0.6) is 0 Å². The Morgan fingerprint density at radius 2 is 1.83 bits per heavy atom. The Morgan fingerprint density at radius 1 is 1.22 bits per heavy atom. The van der Waals surface area contributed by atoms with Crippen LogP contribution in [0.3, 0.4) is 0 Å². The predicted molar refractivity (Wildman–Crippen MR) is 72.1 cm³/mol. The Labute approximate surface area is 110 Å². The third kappa shape index (κ3) is 5.82. The minimum atomic E-state index is -3.28. The number of carbonyl (C=O) groups is 1. The molecule has 0 saturated heterocycles. The first kappa shape index (κ1) is 15.4. The number of nitrogens with one attached hydrogen (secondary N) is 2. The number of amides is 1. The largest absolute Gasteiger partial charge is 0.358 e. The van der Waals surface area contributed by atoms with Gasteiger partial charge in [0.25, 0.3) is 0 Å². The zero-order valence-electron chi connectivity index (χ0n) is 11.2. The van der Waals surface area contributed by atoms with Gasteiger partial charge in [-0.25, -0.2) is 8.42 Å². The standard InChI is InChI=1S/C12H24N2O3S/c1-10-3-5-11(6-4-10)14-7-8-18(16,17)9-12(15)13-2/h10-11,14H,3-9H2,1-2H3,(H,13,15). The van der Waals surface area contributed by atoms with E-state index in [-0.39, 0.29) is 5.75 Å². The van der Waals surface area contributed by atoms with Crippen molar-refractivity contribution in [3.8, 4) is 0 Å². The second-order valence-corrected chi connectivity index (χ2v) is 7.36. The number of hydrogen-bond acceptors (Lipinski definition) is 4. The van der Waals surface area contributed by atoms with Crippen molar-refractivity contribution in [1.29, 1.82) is 0 Å². The van der Waals surface area contributed by atoms with Crippen LogP contribution in [0, 0.1) is 5.92 Å². The fraction of sp³-hybridized carbons (Fsp3) is 0.917. The highest BCUT2D eigenvalue weighted by atomic mass is 32.2. The van der Waals surface area contributed by atoms with Crippen LogP contribution in [-0.2, 0) is 14.6 Å². The fourth-order valence-corrected chi connectivity index (χ4v) is 3.34. The zero-order valence-corrected chi connectivity index (χ0v) is 12.1. The SMILES string of the molecule is CNC(=O)CS(=O)(=O)CCNC1CCC(C)CC1. The van der Waals surface area contributed by atoms with Gasteiger partial charge in [-0.05, 0) is 31.6 Å². The van der Waals surface area contributed by atoms with Crippen molar-refractivity contribution in [3.63, 3.8) is 0 Å². The molecule has 0 aromatic heterocycles. The fourth-order valence-electron chi connectivity index (χ4n) is 2.23. The van der Waals surface area contributed by atoms with E-state index in [2.05, 4.69) is 17.6 Å². The van der Waals surface area contributed by atoms with Gasteiger partial charge in [0, 0.05) is 19.6 Å². The molecule has 106 valence electrons. The summed E-state index contributed by atoms with van der Waals surface area (Å²) in [6.45, 7) is 2.70. The van der Waals surface area contributed by atoms with Gasteiger partial charge in [-0.2, -0.15) is 0 Å². The van der Waals surface area contributed by atoms with Crippen LogP contribution in [0.2, 0.25) is 0 Å².